The molecule has 0 saturated heterocycles. The summed E-state index contributed by atoms with van der Waals surface area (Å²) in [5.74, 6) is 9.36. The van der Waals surface area contributed by atoms with E-state index < -0.39 is 0 Å². The second-order valence-corrected chi connectivity index (χ2v) is 52.2. The van der Waals surface area contributed by atoms with E-state index >= 15 is 0 Å². The van der Waals surface area contributed by atoms with Crippen LogP contribution in [-0.4, -0.2) is 51.8 Å². The summed E-state index contributed by atoms with van der Waals surface area (Å²) >= 11 is 3.58. The van der Waals surface area contributed by atoms with Crippen LogP contribution < -0.4 is 37.9 Å². The number of nitrogens with zero attached hydrogens (tertiary/aromatic N) is 6. The molecular formula is C125H147BrN8O8. The number of hydrogen-bond acceptors (Lipinski definition) is 14. The van der Waals surface area contributed by atoms with Crippen LogP contribution >= 0.6 is 15.9 Å². The van der Waals surface area contributed by atoms with Gasteiger partial charge in [-0.2, -0.15) is 0 Å². The van der Waals surface area contributed by atoms with Gasteiger partial charge in [-0.05, 0) is 278 Å². The van der Waals surface area contributed by atoms with E-state index in [1.165, 1.54) is 0 Å². The van der Waals surface area contributed by atoms with Crippen molar-refractivity contribution in [3.05, 3.63) is 255 Å². The molecule has 2 N–H and O–H groups in total. The molecule has 0 radical (unpaired) electrons. The number of ether oxygens (including phenoxy) is 8. The predicted octanol–water partition coefficient (Wildman–Crippen LogP) is 36.1. The molecule has 3 aromatic heterocycles. The Hall–Kier alpha value is -12.3. The third-order valence-corrected chi connectivity index (χ3v) is 27.3. The van der Waals surface area contributed by atoms with Gasteiger partial charge in [0.2, 0.25) is 0 Å². The average Bonchev–Trinajstić information content (AvgIpc) is 1.70. The lowest BCUT2D eigenvalue weighted by Gasteiger charge is -2.27. The van der Waals surface area contributed by atoms with Gasteiger partial charge in [-0.3, -0.25) is 0 Å². The van der Waals surface area contributed by atoms with Gasteiger partial charge in [0.25, 0.3) is 0 Å². The highest BCUT2D eigenvalue weighted by molar-refractivity contribution is 9.09. The largest absolute Gasteiger partial charge is 0.493 e. The van der Waals surface area contributed by atoms with E-state index in [2.05, 4.69) is 384 Å². The SMILES string of the molecule is CC(C)(C)c1cc(Oc2cc3c(cc2Oc2cc(C(C)(C)C)cc(C(C)(C)C)c2)-c2nc-3nc3[nH]c(nc4nc(nc5[nH]c(n2)c2cc(Oc6cc(C(C)(C)C)cc(C(C)(C)C)c6)c(Oc6cc(C(C)(C)C)cc(C(C)(C)C)c6)cc52)-c2cc(Oc5cccc(OCCCBr)c5)ccc2-4)c2cc(Oc4cc(C(C)(C)C)cc(C(C)(C)C)c4)c(Oc4cc(C(C)(C)C)cc(C(C)(C)C)c4)cc32)cc(C(C)(C)C)c1. The van der Waals surface area contributed by atoms with Gasteiger partial charge in [0, 0.05) is 55.2 Å². The first-order chi connectivity index (χ1) is 65.7. The second kappa shape index (κ2) is 36.8. The van der Waals surface area contributed by atoms with Crippen LogP contribution in [0.1, 0.15) is 322 Å². The molecule has 14 aromatic rings. The molecule has 16 nitrogen and oxygen atoms in total. The number of aromatic nitrogens is 8. The maximum absolute atomic E-state index is 7.60. The summed E-state index contributed by atoms with van der Waals surface area (Å²) < 4.78 is 58.6. The van der Waals surface area contributed by atoms with Crippen LogP contribution in [0, 0.1) is 0 Å². The van der Waals surface area contributed by atoms with Crippen molar-refractivity contribution in [2.24, 2.45) is 0 Å². The Morgan fingerprint density at radius 2 is 0.415 bits per heavy atom. The normalized spacial score (nSPS) is 13.2. The lowest BCUT2D eigenvalue weighted by atomic mass is 9.80. The van der Waals surface area contributed by atoms with Crippen LogP contribution in [0.4, 0.5) is 0 Å². The van der Waals surface area contributed by atoms with Gasteiger partial charge in [-0.25, -0.2) is 29.9 Å². The minimum atomic E-state index is -0.267. The summed E-state index contributed by atoms with van der Waals surface area (Å²) in [5, 5.41) is 3.32. The number of halogens is 1. The molecule has 2 aliphatic rings. The summed E-state index contributed by atoms with van der Waals surface area (Å²) in [6, 6.07) is 65.4. The first-order valence-electron chi connectivity index (χ1n) is 50.2. The lowest BCUT2D eigenvalue weighted by Crippen LogP contribution is -2.16. The zero-order valence-electron chi connectivity index (χ0n) is 90.8. The molecule has 0 unspecified atom stereocenters. The average molecular weight is 1970 g/mol. The number of fused-ring (bicyclic) bond motifs is 20. The Kier molecular flexibility index (Phi) is 26.6. The minimum absolute atomic E-state index is 0.255. The van der Waals surface area contributed by atoms with Crippen molar-refractivity contribution in [3.63, 3.8) is 0 Å². The molecule has 742 valence electrons. The molecule has 2 aliphatic heterocycles. The zero-order valence-corrected chi connectivity index (χ0v) is 92.4. The van der Waals surface area contributed by atoms with Gasteiger partial charge in [0.1, 0.15) is 74.3 Å². The van der Waals surface area contributed by atoms with E-state index in [-0.39, 0.29) is 65.0 Å². The van der Waals surface area contributed by atoms with E-state index in [1.807, 2.05) is 78.9 Å². The summed E-state index contributed by atoms with van der Waals surface area (Å²) in [6.45, 7) is 81.1. The third kappa shape index (κ3) is 22.8. The van der Waals surface area contributed by atoms with Crippen LogP contribution in [0.2, 0.25) is 0 Å². The Balaban J connectivity index is 1.07. The molecule has 17 heteroatoms. The maximum atomic E-state index is 7.60. The van der Waals surface area contributed by atoms with Crippen molar-refractivity contribution in [3.8, 4) is 132 Å². The highest BCUT2D eigenvalue weighted by atomic mass is 79.9. The number of H-pyrrole nitrogens is 2. The summed E-state index contributed by atoms with van der Waals surface area (Å²) in [6.07, 6.45) is 0.831. The fraction of sp³-hybridized carbons (Fsp3) is 0.408. The summed E-state index contributed by atoms with van der Waals surface area (Å²) in [7, 11) is 0. The predicted molar refractivity (Wildman–Crippen MR) is 590 cm³/mol. The molecule has 8 bridgehead atoms. The summed E-state index contributed by atoms with van der Waals surface area (Å²) in [5.41, 5.74) is 14.3. The fourth-order valence-corrected chi connectivity index (χ4v) is 17.5. The topological polar surface area (TPSA) is 183 Å². The molecule has 16 rings (SSSR count). The molecule has 0 saturated carbocycles. The van der Waals surface area contributed by atoms with Crippen molar-refractivity contribution in [2.75, 3.05) is 11.9 Å². The van der Waals surface area contributed by atoms with Crippen LogP contribution in [0.15, 0.2) is 188 Å². The monoisotopic (exact) mass is 1970 g/mol. The van der Waals surface area contributed by atoms with Gasteiger partial charge in [0.15, 0.2) is 57.8 Å². The Morgan fingerprint density at radius 1 is 0.204 bits per heavy atom. The quantitative estimate of drug-likeness (QED) is 0.0611. The number of hydrogen-bond donors (Lipinski definition) is 2. The number of aromatic amines is 2. The van der Waals surface area contributed by atoms with E-state index in [0.717, 1.165) is 78.5 Å². The standard InChI is InChI=1S/C125H147BrN8O8/c1-114(2,3)71-45-72(115(4,5)6)52-86(51-71)137-100-65-94-95(66-101(100)138-87-53-73(116(7,8)9)46-74(54-87)117(10,11)12)110-130-108(94)128-106-92-42-41-85(136-84-40-37-39-83(63-84)135-44-38-43-126)64-93(92)107(127-106)129-109-96-67-102(139-88-55-75(118(13,14)15)47-76(56-88)119(16,17)18)103(140-89-57-77(120(19,20)21)48-78(58-89)121(22,23)24)68-97(96)111(131-109)133-113-99-70-105(142-91-61-81(124(31,32)33)50-82(62-91)125(34,35)36)104(69-98(99)112(132-110)134-113)141-90-59-79(122(25,26)27)49-80(60-90)123(28,29)30/h37,39-42,45-70H,38,43-44H2,1-36H3,(H2,127,128,129,130,131,132,133,134). The van der Waals surface area contributed by atoms with Gasteiger partial charge in [-0.15, -0.1) is 0 Å². The van der Waals surface area contributed by atoms with Crippen molar-refractivity contribution < 1.29 is 37.9 Å². The fourth-order valence-electron chi connectivity index (χ4n) is 17.2. The van der Waals surface area contributed by atoms with Crippen LogP contribution in [0.25, 0.3) is 89.7 Å². The Labute approximate surface area is 851 Å². The van der Waals surface area contributed by atoms with Crippen LogP contribution in [-0.2, 0) is 65.0 Å². The van der Waals surface area contributed by atoms with E-state index in [1.54, 1.807) is 0 Å². The van der Waals surface area contributed by atoms with Gasteiger partial charge >= 0.3 is 0 Å². The highest BCUT2D eigenvalue weighted by Crippen LogP contribution is 2.53. The molecule has 0 aliphatic carbocycles. The van der Waals surface area contributed by atoms with Crippen molar-refractivity contribution in [2.45, 2.75) is 321 Å². The van der Waals surface area contributed by atoms with Crippen LogP contribution in [0.3, 0.4) is 0 Å². The molecule has 142 heavy (non-hydrogen) atoms. The Bertz CT molecular complexity index is 7260. The first-order valence-corrected chi connectivity index (χ1v) is 51.3. The number of rotatable bonds is 18. The molecule has 5 heterocycles. The second-order valence-electron chi connectivity index (χ2n) is 51.4. The maximum Gasteiger partial charge on any atom is 0.170 e. The molecule has 0 atom stereocenters. The molecular weight excluding hydrogens is 1820 g/mol. The summed E-state index contributed by atoms with van der Waals surface area (Å²) in [4.78, 5) is 42.5. The van der Waals surface area contributed by atoms with Crippen LogP contribution in [0.5, 0.6) is 86.2 Å². The van der Waals surface area contributed by atoms with E-state index in [4.69, 9.17) is 67.8 Å². The smallest absolute Gasteiger partial charge is 0.170 e. The van der Waals surface area contributed by atoms with E-state index in [9.17, 15) is 0 Å². The number of nitrogens with one attached hydrogen (secondary N) is 2. The molecule has 0 amide bonds. The molecule has 0 spiro atoms. The van der Waals surface area contributed by atoms with Gasteiger partial charge in [0.05, 0.1) is 6.61 Å². The van der Waals surface area contributed by atoms with Crippen molar-refractivity contribution in [1.29, 1.82) is 0 Å². The first kappa shape index (κ1) is 103. The zero-order chi connectivity index (χ0) is 103. The minimum Gasteiger partial charge on any atom is -0.493 e. The van der Waals surface area contributed by atoms with Gasteiger partial charge < -0.3 is 47.9 Å². The lowest BCUT2D eigenvalue weighted by molar-refractivity contribution is 0.317. The highest BCUT2D eigenvalue weighted by Gasteiger charge is 2.35. The van der Waals surface area contributed by atoms with Crippen molar-refractivity contribution >= 4 is 60.1 Å². The number of alkyl halides is 1. The van der Waals surface area contributed by atoms with Crippen molar-refractivity contribution in [1.82, 2.24) is 39.9 Å². The van der Waals surface area contributed by atoms with Gasteiger partial charge in [-0.1, -0.05) is 308 Å². The number of benzene rings is 11. The van der Waals surface area contributed by atoms with E-state index in [0.29, 0.717) is 183 Å². The molecule has 0 fully saturated rings. The molecule has 11 aromatic carbocycles. The third-order valence-electron chi connectivity index (χ3n) is 26.8. The Morgan fingerprint density at radius 3 is 0.648 bits per heavy atom.